The maximum atomic E-state index is 11.5. The van der Waals surface area contributed by atoms with Crippen molar-refractivity contribution in [1.82, 2.24) is 10.6 Å². The Bertz CT molecular complexity index is 638. The lowest BCUT2D eigenvalue weighted by Crippen LogP contribution is -2.37. The van der Waals surface area contributed by atoms with Crippen molar-refractivity contribution in [2.45, 2.75) is 12.2 Å². The molecule has 0 fully saturated rings. The van der Waals surface area contributed by atoms with Crippen LogP contribution >= 0.6 is 11.8 Å². The fourth-order valence-electron chi connectivity index (χ4n) is 2.02. The number of urea groups is 1. The van der Waals surface area contributed by atoms with Crippen LogP contribution < -0.4 is 10.6 Å². The van der Waals surface area contributed by atoms with Crippen LogP contribution in [-0.4, -0.2) is 24.7 Å². The van der Waals surface area contributed by atoms with Crippen LogP contribution in [0, 0.1) is 0 Å². The molecule has 0 spiro atoms. The minimum atomic E-state index is -0.459. The average Bonchev–Trinajstić information content (AvgIpc) is 2.51. The Kier molecular flexibility index (Phi) is 5.63. The molecule has 4 nitrogen and oxygen atoms in total. The summed E-state index contributed by atoms with van der Waals surface area (Å²) in [5.41, 5.74) is 1.27. The van der Waals surface area contributed by atoms with E-state index in [0.29, 0.717) is 12.2 Å². The van der Waals surface area contributed by atoms with Gasteiger partial charge in [-0.25, -0.2) is 4.79 Å². The molecule has 0 aliphatic rings. The number of nitrogens with one attached hydrogen (secondary N) is 2. The zero-order valence-corrected chi connectivity index (χ0v) is 12.7. The summed E-state index contributed by atoms with van der Waals surface area (Å²) in [6.07, 6.45) is 0.336. The second kappa shape index (κ2) is 7.69. The van der Waals surface area contributed by atoms with E-state index in [4.69, 9.17) is 0 Å². The van der Waals surface area contributed by atoms with Gasteiger partial charge in [0, 0.05) is 25.0 Å². The molecular weight excluding hydrogens is 284 g/mol. The molecule has 0 radical (unpaired) electrons. The largest absolute Gasteiger partial charge is 0.341 e. The number of imide groups is 1. The Balaban J connectivity index is 1.83. The first-order chi connectivity index (χ1) is 10.2. The van der Waals surface area contributed by atoms with Gasteiger partial charge in [0.25, 0.3) is 0 Å². The van der Waals surface area contributed by atoms with Gasteiger partial charge in [0.1, 0.15) is 0 Å². The van der Waals surface area contributed by atoms with Crippen molar-refractivity contribution in [3.63, 3.8) is 0 Å². The van der Waals surface area contributed by atoms with Gasteiger partial charge in [-0.1, -0.05) is 42.5 Å². The van der Waals surface area contributed by atoms with Crippen molar-refractivity contribution in [3.8, 4) is 0 Å². The number of carbonyl (C=O) groups is 2. The maximum absolute atomic E-state index is 11.5. The molecule has 0 aliphatic carbocycles. The molecule has 0 aromatic heterocycles. The average molecular weight is 302 g/mol. The smallest absolute Gasteiger partial charge is 0.321 e. The van der Waals surface area contributed by atoms with E-state index in [-0.39, 0.29) is 5.91 Å². The van der Waals surface area contributed by atoms with Crippen LogP contribution in [0.25, 0.3) is 10.8 Å². The molecule has 0 saturated carbocycles. The first kappa shape index (κ1) is 15.4. The van der Waals surface area contributed by atoms with Gasteiger partial charge in [0.05, 0.1) is 0 Å². The number of hydrogen-bond donors (Lipinski definition) is 2. The van der Waals surface area contributed by atoms with Crippen molar-refractivity contribution in [3.05, 3.63) is 48.0 Å². The first-order valence-corrected chi connectivity index (χ1v) is 7.92. The molecule has 2 N–H and O–H groups in total. The lowest BCUT2D eigenvalue weighted by atomic mass is 10.1. The monoisotopic (exact) mass is 302 g/mol. The van der Waals surface area contributed by atoms with Crippen LogP contribution in [0.15, 0.2) is 42.5 Å². The molecule has 0 aliphatic heterocycles. The fraction of sp³-hybridized carbons (Fsp3) is 0.250. The highest BCUT2D eigenvalue weighted by Gasteiger charge is 2.06. The second-order valence-corrected chi connectivity index (χ2v) is 5.67. The van der Waals surface area contributed by atoms with Crippen LogP contribution in [0.2, 0.25) is 0 Å². The van der Waals surface area contributed by atoms with E-state index in [1.54, 1.807) is 11.8 Å². The Morgan fingerprint density at radius 1 is 1.10 bits per heavy atom. The third kappa shape index (κ3) is 4.49. The maximum Gasteiger partial charge on any atom is 0.321 e. The summed E-state index contributed by atoms with van der Waals surface area (Å²) in [6.45, 7) is 0. The number of benzene rings is 2. The lowest BCUT2D eigenvalue weighted by Gasteiger charge is -2.06. The standard InChI is InChI=1S/C16H18N2O2S/c1-17-16(20)18-15(19)9-10-21-11-13-7-4-6-12-5-2-3-8-14(12)13/h2-8H,9-11H2,1H3,(H2,17,18,19,20). The summed E-state index contributed by atoms with van der Waals surface area (Å²) in [5, 5.41) is 7.09. The van der Waals surface area contributed by atoms with Crippen LogP contribution in [0.4, 0.5) is 4.79 Å². The molecule has 2 aromatic carbocycles. The van der Waals surface area contributed by atoms with Gasteiger partial charge in [-0.05, 0) is 16.3 Å². The van der Waals surface area contributed by atoms with E-state index >= 15 is 0 Å². The molecule has 2 aromatic rings. The van der Waals surface area contributed by atoms with Crippen molar-refractivity contribution in [2.24, 2.45) is 0 Å². The SMILES string of the molecule is CNC(=O)NC(=O)CCSCc1cccc2ccccc12. The summed E-state index contributed by atoms with van der Waals surface area (Å²) in [4.78, 5) is 22.4. The molecule has 5 heteroatoms. The molecule has 0 atom stereocenters. The number of hydrogen-bond acceptors (Lipinski definition) is 3. The van der Waals surface area contributed by atoms with E-state index in [1.807, 2.05) is 12.1 Å². The highest BCUT2D eigenvalue weighted by atomic mass is 32.2. The van der Waals surface area contributed by atoms with E-state index < -0.39 is 6.03 Å². The third-order valence-corrected chi connectivity index (χ3v) is 4.10. The van der Waals surface area contributed by atoms with Gasteiger partial charge in [-0.3, -0.25) is 10.1 Å². The quantitative estimate of drug-likeness (QED) is 0.835. The van der Waals surface area contributed by atoms with Gasteiger partial charge < -0.3 is 5.32 Å². The highest BCUT2D eigenvalue weighted by Crippen LogP contribution is 2.22. The van der Waals surface area contributed by atoms with E-state index in [2.05, 4.69) is 41.0 Å². The van der Waals surface area contributed by atoms with Gasteiger partial charge in [0.2, 0.25) is 5.91 Å². The number of carbonyl (C=O) groups excluding carboxylic acids is 2. The number of thioether (sulfide) groups is 1. The van der Waals surface area contributed by atoms with Crippen LogP contribution in [-0.2, 0) is 10.5 Å². The molecule has 110 valence electrons. The predicted molar refractivity (Wildman–Crippen MR) is 87.3 cm³/mol. The number of rotatable bonds is 5. The molecular formula is C16H18N2O2S. The van der Waals surface area contributed by atoms with Gasteiger partial charge >= 0.3 is 6.03 Å². The molecule has 0 heterocycles. The predicted octanol–water partition coefficient (Wildman–Crippen LogP) is 2.92. The highest BCUT2D eigenvalue weighted by molar-refractivity contribution is 7.98. The van der Waals surface area contributed by atoms with Gasteiger partial charge in [-0.2, -0.15) is 11.8 Å². The number of fused-ring (bicyclic) bond motifs is 1. The van der Waals surface area contributed by atoms with Crippen LogP contribution in [0.1, 0.15) is 12.0 Å². The molecule has 0 unspecified atom stereocenters. The molecule has 0 saturated heterocycles. The van der Waals surface area contributed by atoms with E-state index in [9.17, 15) is 9.59 Å². The Hall–Kier alpha value is -2.01. The third-order valence-electron chi connectivity index (χ3n) is 3.09. The van der Waals surface area contributed by atoms with Gasteiger partial charge in [0.15, 0.2) is 0 Å². The van der Waals surface area contributed by atoms with E-state index in [0.717, 1.165) is 5.75 Å². The Morgan fingerprint density at radius 3 is 2.67 bits per heavy atom. The lowest BCUT2D eigenvalue weighted by molar-refractivity contribution is -0.119. The van der Waals surface area contributed by atoms with Crippen molar-refractivity contribution >= 4 is 34.5 Å². The second-order valence-electron chi connectivity index (χ2n) is 4.57. The summed E-state index contributed by atoms with van der Waals surface area (Å²) in [5.74, 6) is 1.29. The molecule has 2 rings (SSSR count). The summed E-state index contributed by atoms with van der Waals surface area (Å²) < 4.78 is 0. The summed E-state index contributed by atoms with van der Waals surface area (Å²) in [6, 6.07) is 14.1. The zero-order valence-electron chi connectivity index (χ0n) is 11.9. The zero-order chi connectivity index (χ0) is 15.1. The topological polar surface area (TPSA) is 58.2 Å². The minimum Gasteiger partial charge on any atom is -0.341 e. The minimum absolute atomic E-state index is 0.250. The number of amides is 3. The summed E-state index contributed by atoms with van der Waals surface area (Å²) in [7, 11) is 1.48. The molecule has 0 bridgehead atoms. The van der Waals surface area contributed by atoms with Crippen molar-refractivity contribution < 1.29 is 9.59 Å². The summed E-state index contributed by atoms with van der Waals surface area (Å²) >= 11 is 1.69. The Morgan fingerprint density at radius 2 is 1.86 bits per heavy atom. The van der Waals surface area contributed by atoms with Gasteiger partial charge in [-0.15, -0.1) is 0 Å². The molecule has 3 amide bonds. The van der Waals surface area contributed by atoms with Crippen molar-refractivity contribution in [1.29, 1.82) is 0 Å². The molecule has 21 heavy (non-hydrogen) atoms. The van der Waals surface area contributed by atoms with Crippen LogP contribution in [0.3, 0.4) is 0 Å². The first-order valence-electron chi connectivity index (χ1n) is 6.76. The van der Waals surface area contributed by atoms with Crippen molar-refractivity contribution in [2.75, 3.05) is 12.8 Å². The fourth-order valence-corrected chi connectivity index (χ4v) is 2.96. The normalized spacial score (nSPS) is 10.3. The van der Waals surface area contributed by atoms with E-state index in [1.165, 1.54) is 23.4 Å². The van der Waals surface area contributed by atoms with Crippen LogP contribution in [0.5, 0.6) is 0 Å². The Labute approximate surface area is 128 Å².